The normalized spacial score (nSPS) is 17.9. The van der Waals surface area contributed by atoms with E-state index in [1.165, 1.54) is 0 Å². The molecular formula is C5H5Cl3N2O2. The lowest BCUT2D eigenvalue weighted by Crippen LogP contribution is -2.44. The molecule has 1 fully saturated rings. The van der Waals surface area contributed by atoms with Gasteiger partial charge in [0.15, 0.2) is 0 Å². The molecule has 12 heavy (non-hydrogen) atoms. The van der Waals surface area contributed by atoms with E-state index in [9.17, 15) is 9.59 Å². The van der Waals surface area contributed by atoms with Crippen LogP contribution in [0.1, 0.15) is 6.42 Å². The summed E-state index contributed by atoms with van der Waals surface area (Å²) in [6.07, 6.45) is 0.243. The van der Waals surface area contributed by atoms with Gasteiger partial charge in [0.25, 0.3) is 9.70 Å². The van der Waals surface area contributed by atoms with Crippen molar-refractivity contribution in [1.82, 2.24) is 10.4 Å². The predicted octanol–water partition coefficient (Wildman–Crippen LogP) is 0.620. The van der Waals surface area contributed by atoms with Gasteiger partial charge in [-0.25, -0.2) is 5.01 Å². The fraction of sp³-hybridized carbons (Fsp3) is 0.600. The smallest absolute Gasteiger partial charge is 0.273 e. The van der Waals surface area contributed by atoms with E-state index >= 15 is 0 Å². The first-order valence-electron chi connectivity index (χ1n) is 3.09. The van der Waals surface area contributed by atoms with E-state index in [2.05, 4.69) is 5.43 Å². The number of carbonyl (C=O) groups is 2. The SMILES string of the molecule is O=C1CCN(C(=O)C(Cl)(Cl)Cl)N1. The molecule has 1 N–H and O–H groups in total. The lowest BCUT2D eigenvalue weighted by molar-refractivity contribution is -0.135. The Morgan fingerprint density at radius 3 is 2.42 bits per heavy atom. The number of nitrogens with zero attached hydrogens (tertiary/aromatic N) is 1. The van der Waals surface area contributed by atoms with Gasteiger partial charge in [0.05, 0.1) is 6.54 Å². The second kappa shape index (κ2) is 3.28. The number of hydrazine groups is 1. The van der Waals surface area contributed by atoms with Crippen LogP contribution >= 0.6 is 34.8 Å². The van der Waals surface area contributed by atoms with Crippen LogP contribution in [0, 0.1) is 0 Å². The zero-order valence-corrected chi connectivity index (χ0v) is 8.08. The number of amides is 2. The fourth-order valence-electron chi connectivity index (χ4n) is 0.781. The minimum Gasteiger partial charge on any atom is -0.273 e. The number of hydrogen-bond donors (Lipinski definition) is 1. The number of rotatable bonds is 0. The molecule has 2 amide bonds. The number of hydrogen-bond acceptors (Lipinski definition) is 2. The van der Waals surface area contributed by atoms with Crippen molar-refractivity contribution in [3.63, 3.8) is 0 Å². The van der Waals surface area contributed by atoms with E-state index < -0.39 is 9.70 Å². The Balaban J connectivity index is 2.61. The van der Waals surface area contributed by atoms with Gasteiger partial charge < -0.3 is 0 Å². The third-order valence-electron chi connectivity index (χ3n) is 1.31. The molecule has 0 aromatic carbocycles. The molecule has 1 heterocycles. The summed E-state index contributed by atoms with van der Waals surface area (Å²) in [5.74, 6) is -0.990. The van der Waals surface area contributed by atoms with Crippen LogP contribution in [0.5, 0.6) is 0 Å². The Hall–Kier alpha value is -0.190. The Kier molecular flexibility index (Phi) is 2.70. The van der Waals surface area contributed by atoms with Crippen LogP contribution in [-0.4, -0.2) is 27.2 Å². The zero-order chi connectivity index (χ0) is 9.35. The van der Waals surface area contributed by atoms with Gasteiger partial charge in [-0.05, 0) is 0 Å². The molecule has 1 aliphatic rings. The van der Waals surface area contributed by atoms with Crippen molar-refractivity contribution in [1.29, 1.82) is 0 Å². The Bertz CT molecular complexity index is 225. The van der Waals surface area contributed by atoms with Gasteiger partial charge in [-0.2, -0.15) is 0 Å². The third kappa shape index (κ3) is 2.15. The molecule has 0 aromatic rings. The summed E-state index contributed by atoms with van der Waals surface area (Å²) >= 11 is 15.9. The Morgan fingerprint density at radius 2 is 2.08 bits per heavy atom. The van der Waals surface area contributed by atoms with Crippen LogP contribution < -0.4 is 5.43 Å². The highest BCUT2D eigenvalue weighted by molar-refractivity contribution is 6.76. The molecule has 1 rings (SSSR count). The van der Waals surface area contributed by atoms with Crippen molar-refractivity contribution in [2.45, 2.75) is 10.2 Å². The summed E-state index contributed by atoms with van der Waals surface area (Å²) in [7, 11) is 0. The Labute approximate surface area is 83.7 Å². The first kappa shape index (κ1) is 9.89. The summed E-state index contributed by atoms with van der Waals surface area (Å²) < 4.78 is -2.00. The van der Waals surface area contributed by atoms with Crippen LogP contribution in [0.4, 0.5) is 0 Å². The van der Waals surface area contributed by atoms with Crippen molar-refractivity contribution < 1.29 is 9.59 Å². The molecule has 68 valence electrons. The minimum absolute atomic E-state index is 0.242. The predicted molar refractivity (Wildman–Crippen MR) is 44.8 cm³/mol. The highest BCUT2D eigenvalue weighted by Crippen LogP contribution is 2.28. The van der Waals surface area contributed by atoms with Gasteiger partial charge in [-0.1, -0.05) is 34.8 Å². The number of carbonyl (C=O) groups excluding carboxylic acids is 2. The monoisotopic (exact) mass is 230 g/mol. The van der Waals surface area contributed by atoms with Crippen molar-refractivity contribution in [2.75, 3.05) is 6.54 Å². The zero-order valence-electron chi connectivity index (χ0n) is 5.81. The molecular weight excluding hydrogens is 226 g/mol. The minimum atomic E-state index is -2.00. The lowest BCUT2D eigenvalue weighted by atomic mass is 10.4. The number of halogens is 3. The van der Waals surface area contributed by atoms with E-state index in [-0.39, 0.29) is 18.9 Å². The van der Waals surface area contributed by atoms with Gasteiger partial charge in [0.2, 0.25) is 5.91 Å². The van der Waals surface area contributed by atoms with Crippen LogP contribution in [0.3, 0.4) is 0 Å². The van der Waals surface area contributed by atoms with Crippen molar-refractivity contribution in [3.05, 3.63) is 0 Å². The molecule has 0 aromatic heterocycles. The molecule has 0 atom stereocenters. The van der Waals surface area contributed by atoms with Gasteiger partial charge in [-0.3, -0.25) is 15.0 Å². The van der Waals surface area contributed by atoms with Crippen LogP contribution in [-0.2, 0) is 9.59 Å². The number of nitrogens with one attached hydrogen (secondary N) is 1. The summed E-state index contributed by atoms with van der Waals surface area (Å²) in [6, 6.07) is 0. The maximum absolute atomic E-state index is 11.1. The topological polar surface area (TPSA) is 49.4 Å². The maximum atomic E-state index is 11.1. The second-order valence-corrected chi connectivity index (χ2v) is 4.52. The molecule has 7 heteroatoms. The first-order chi connectivity index (χ1) is 5.41. The largest absolute Gasteiger partial charge is 0.293 e. The molecule has 0 aliphatic carbocycles. The van der Waals surface area contributed by atoms with Gasteiger partial charge in [0, 0.05) is 6.42 Å². The van der Waals surface area contributed by atoms with Crippen LogP contribution in [0.25, 0.3) is 0 Å². The van der Waals surface area contributed by atoms with E-state index in [0.717, 1.165) is 5.01 Å². The van der Waals surface area contributed by atoms with Gasteiger partial charge >= 0.3 is 0 Å². The van der Waals surface area contributed by atoms with E-state index in [0.29, 0.717) is 0 Å². The van der Waals surface area contributed by atoms with E-state index in [1.807, 2.05) is 0 Å². The average Bonchev–Trinajstić information content (AvgIpc) is 2.32. The first-order valence-corrected chi connectivity index (χ1v) is 4.23. The summed E-state index contributed by atoms with van der Waals surface area (Å²) in [5, 5.41) is 0.995. The molecule has 0 unspecified atom stereocenters. The van der Waals surface area contributed by atoms with Gasteiger partial charge in [0.1, 0.15) is 0 Å². The summed E-state index contributed by atoms with van der Waals surface area (Å²) in [4.78, 5) is 21.8. The Morgan fingerprint density at radius 1 is 1.50 bits per heavy atom. The average molecular weight is 231 g/mol. The second-order valence-electron chi connectivity index (χ2n) is 2.24. The van der Waals surface area contributed by atoms with Crippen LogP contribution in [0.15, 0.2) is 0 Å². The molecule has 4 nitrogen and oxygen atoms in total. The summed E-state index contributed by atoms with van der Waals surface area (Å²) in [5.41, 5.74) is 2.25. The number of alkyl halides is 3. The summed E-state index contributed by atoms with van der Waals surface area (Å²) in [6.45, 7) is 0.242. The molecule has 0 radical (unpaired) electrons. The quantitative estimate of drug-likeness (QED) is 0.621. The lowest BCUT2D eigenvalue weighted by Gasteiger charge is -2.19. The third-order valence-corrected chi connectivity index (χ3v) is 1.79. The molecule has 1 aliphatic heterocycles. The van der Waals surface area contributed by atoms with Crippen molar-refractivity contribution in [2.24, 2.45) is 0 Å². The molecule has 0 spiro atoms. The molecule has 0 saturated carbocycles. The van der Waals surface area contributed by atoms with Gasteiger partial charge in [-0.15, -0.1) is 0 Å². The molecule has 0 bridgehead atoms. The van der Waals surface area contributed by atoms with E-state index in [4.69, 9.17) is 34.8 Å². The standard InChI is InChI=1S/C5H5Cl3N2O2/c6-5(7,8)4(12)10-2-1-3(11)9-10/h1-2H2,(H,9,11). The molecule has 1 saturated heterocycles. The van der Waals surface area contributed by atoms with Crippen LogP contribution in [0.2, 0.25) is 0 Å². The van der Waals surface area contributed by atoms with Crippen molar-refractivity contribution >= 4 is 46.6 Å². The van der Waals surface area contributed by atoms with E-state index in [1.54, 1.807) is 0 Å². The highest BCUT2D eigenvalue weighted by Gasteiger charge is 2.38. The fourth-order valence-corrected chi connectivity index (χ4v) is 1.09. The highest BCUT2D eigenvalue weighted by atomic mass is 35.6. The van der Waals surface area contributed by atoms with Crippen molar-refractivity contribution in [3.8, 4) is 0 Å². The maximum Gasteiger partial charge on any atom is 0.293 e.